The summed E-state index contributed by atoms with van der Waals surface area (Å²) in [5, 5.41) is 0. The number of hydrogen-bond donors (Lipinski definition) is 0. The fraction of sp³-hybridized carbons (Fsp3) is 1.00. The topological polar surface area (TPSA) is 9.23 Å². The zero-order valence-corrected chi connectivity index (χ0v) is 10.2. The molecule has 4 aliphatic carbocycles. The van der Waals surface area contributed by atoms with Gasteiger partial charge in [0.05, 0.1) is 5.60 Å². The Hall–Kier alpha value is -0.0400. The maximum absolute atomic E-state index is 6.26. The lowest BCUT2D eigenvalue weighted by atomic mass is 9.48. The van der Waals surface area contributed by atoms with Gasteiger partial charge in [-0.05, 0) is 62.2 Å². The molecule has 0 N–H and O–H groups in total. The summed E-state index contributed by atoms with van der Waals surface area (Å²) in [5.41, 5.74) is 0.951. The van der Waals surface area contributed by atoms with Crippen LogP contribution in [-0.2, 0) is 4.74 Å². The van der Waals surface area contributed by atoms with Crippen molar-refractivity contribution in [3.8, 4) is 0 Å². The van der Waals surface area contributed by atoms with Crippen molar-refractivity contribution in [2.45, 2.75) is 64.4 Å². The maximum Gasteiger partial charge on any atom is 0.0693 e. The molecule has 4 rings (SSSR count). The van der Waals surface area contributed by atoms with Crippen molar-refractivity contribution in [2.24, 2.45) is 17.3 Å². The Morgan fingerprint density at radius 1 is 1.13 bits per heavy atom. The fourth-order valence-electron chi connectivity index (χ4n) is 5.12. The Kier molecular flexibility index (Phi) is 2.18. The van der Waals surface area contributed by atoms with Gasteiger partial charge in [-0.15, -0.1) is 0 Å². The Morgan fingerprint density at radius 2 is 1.80 bits per heavy atom. The smallest absolute Gasteiger partial charge is 0.0693 e. The largest absolute Gasteiger partial charge is 0.375 e. The van der Waals surface area contributed by atoms with Crippen molar-refractivity contribution in [1.29, 1.82) is 0 Å². The van der Waals surface area contributed by atoms with Crippen LogP contribution in [0.2, 0.25) is 0 Å². The summed E-state index contributed by atoms with van der Waals surface area (Å²) in [6.07, 6.45) is 9.76. The van der Waals surface area contributed by atoms with Crippen LogP contribution in [0.1, 0.15) is 58.8 Å². The molecule has 0 saturated heterocycles. The minimum atomic E-state index is 0.314. The van der Waals surface area contributed by atoms with E-state index in [-0.39, 0.29) is 0 Å². The van der Waals surface area contributed by atoms with Crippen LogP contribution in [0.25, 0.3) is 0 Å². The molecule has 4 fully saturated rings. The molecule has 0 radical (unpaired) electrons. The molecule has 0 aromatic heterocycles. The normalized spacial score (nSPS) is 52.4. The molecule has 0 aliphatic heterocycles. The van der Waals surface area contributed by atoms with Gasteiger partial charge in [-0.1, -0.05) is 13.8 Å². The summed E-state index contributed by atoms with van der Waals surface area (Å²) >= 11 is 0. The van der Waals surface area contributed by atoms with E-state index in [2.05, 4.69) is 13.8 Å². The molecule has 15 heavy (non-hydrogen) atoms. The van der Waals surface area contributed by atoms with Crippen molar-refractivity contribution in [1.82, 2.24) is 0 Å². The molecule has 4 bridgehead atoms. The van der Waals surface area contributed by atoms with E-state index in [1.165, 1.54) is 44.9 Å². The predicted octanol–water partition coefficient (Wildman–Crippen LogP) is 3.77. The van der Waals surface area contributed by atoms with E-state index in [1.54, 1.807) is 0 Å². The first-order chi connectivity index (χ1) is 7.13. The van der Waals surface area contributed by atoms with Crippen LogP contribution in [0.15, 0.2) is 0 Å². The van der Waals surface area contributed by atoms with Crippen LogP contribution >= 0.6 is 0 Å². The monoisotopic (exact) mass is 208 g/mol. The Morgan fingerprint density at radius 3 is 2.33 bits per heavy atom. The molecule has 2 atom stereocenters. The molecule has 1 nitrogen and oxygen atoms in total. The molecule has 0 amide bonds. The van der Waals surface area contributed by atoms with Gasteiger partial charge in [0.25, 0.3) is 0 Å². The first kappa shape index (κ1) is 10.1. The van der Waals surface area contributed by atoms with Crippen molar-refractivity contribution in [2.75, 3.05) is 6.61 Å². The van der Waals surface area contributed by atoms with Gasteiger partial charge >= 0.3 is 0 Å². The quantitative estimate of drug-likeness (QED) is 0.686. The van der Waals surface area contributed by atoms with Crippen LogP contribution in [-0.4, -0.2) is 12.2 Å². The second kappa shape index (κ2) is 3.23. The minimum absolute atomic E-state index is 0.314. The number of ether oxygens (including phenoxy) is 1. The van der Waals surface area contributed by atoms with Gasteiger partial charge < -0.3 is 4.74 Å². The van der Waals surface area contributed by atoms with Crippen LogP contribution in [0, 0.1) is 17.3 Å². The standard InChI is InChI=1S/C14H24O/c1-3-4-15-14-8-11-5-12(9-14)7-13(2,6-11)10-14/h11-12H,3-10H2,1-2H3. The third-order valence-corrected chi connectivity index (χ3v) is 4.91. The summed E-state index contributed by atoms with van der Waals surface area (Å²) in [7, 11) is 0. The molecule has 0 aromatic carbocycles. The van der Waals surface area contributed by atoms with Gasteiger partial charge in [0.1, 0.15) is 0 Å². The van der Waals surface area contributed by atoms with E-state index in [1.807, 2.05) is 0 Å². The number of rotatable bonds is 3. The molecule has 0 spiro atoms. The van der Waals surface area contributed by atoms with Gasteiger partial charge in [0.2, 0.25) is 0 Å². The first-order valence-electron chi connectivity index (χ1n) is 6.77. The summed E-state index contributed by atoms with van der Waals surface area (Å²) < 4.78 is 6.26. The lowest BCUT2D eigenvalue weighted by Crippen LogP contribution is -2.55. The lowest BCUT2D eigenvalue weighted by Gasteiger charge is -2.60. The molecular weight excluding hydrogens is 184 g/mol. The molecule has 4 saturated carbocycles. The number of hydrogen-bond acceptors (Lipinski definition) is 1. The fourth-order valence-corrected chi connectivity index (χ4v) is 5.12. The highest BCUT2D eigenvalue weighted by Gasteiger charge is 2.56. The first-order valence-corrected chi connectivity index (χ1v) is 6.77. The molecular formula is C14H24O. The van der Waals surface area contributed by atoms with E-state index >= 15 is 0 Å². The molecule has 2 unspecified atom stereocenters. The SMILES string of the molecule is CCCOC12CC3CC(CC(C)(C3)C1)C2. The van der Waals surface area contributed by atoms with E-state index < -0.39 is 0 Å². The molecule has 0 aromatic rings. The van der Waals surface area contributed by atoms with Crippen molar-refractivity contribution in [3.63, 3.8) is 0 Å². The Balaban J connectivity index is 1.80. The van der Waals surface area contributed by atoms with Crippen LogP contribution < -0.4 is 0 Å². The summed E-state index contributed by atoms with van der Waals surface area (Å²) in [6.45, 7) is 5.71. The summed E-state index contributed by atoms with van der Waals surface area (Å²) in [6, 6.07) is 0. The highest BCUT2D eigenvalue weighted by molar-refractivity contribution is 5.07. The predicted molar refractivity (Wildman–Crippen MR) is 61.8 cm³/mol. The second-order valence-corrected chi connectivity index (χ2v) is 6.80. The van der Waals surface area contributed by atoms with E-state index in [9.17, 15) is 0 Å². The van der Waals surface area contributed by atoms with Crippen LogP contribution in [0.5, 0.6) is 0 Å². The highest BCUT2D eigenvalue weighted by atomic mass is 16.5. The third-order valence-electron chi connectivity index (χ3n) is 4.91. The summed E-state index contributed by atoms with van der Waals surface area (Å²) in [4.78, 5) is 0. The Bertz CT molecular complexity index is 244. The van der Waals surface area contributed by atoms with E-state index in [0.717, 1.165) is 18.4 Å². The average Bonchev–Trinajstić information content (AvgIpc) is 2.10. The average molecular weight is 208 g/mol. The second-order valence-electron chi connectivity index (χ2n) is 6.80. The third kappa shape index (κ3) is 1.63. The lowest BCUT2D eigenvalue weighted by molar-refractivity contribution is -0.188. The van der Waals surface area contributed by atoms with E-state index in [4.69, 9.17) is 4.74 Å². The van der Waals surface area contributed by atoms with Gasteiger partial charge in [0.15, 0.2) is 0 Å². The summed E-state index contributed by atoms with van der Waals surface area (Å²) in [5.74, 6) is 1.99. The van der Waals surface area contributed by atoms with Crippen LogP contribution in [0.3, 0.4) is 0 Å². The van der Waals surface area contributed by atoms with Gasteiger partial charge in [-0.25, -0.2) is 0 Å². The van der Waals surface area contributed by atoms with Crippen molar-refractivity contribution in [3.05, 3.63) is 0 Å². The molecule has 0 heterocycles. The van der Waals surface area contributed by atoms with Crippen LogP contribution in [0.4, 0.5) is 0 Å². The van der Waals surface area contributed by atoms with E-state index in [0.29, 0.717) is 11.0 Å². The molecule has 86 valence electrons. The molecule has 4 aliphatic rings. The zero-order chi connectivity index (χ0) is 10.5. The van der Waals surface area contributed by atoms with Gasteiger partial charge in [-0.2, -0.15) is 0 Å². The Labute approximate surface area is 93.6 Å². The minimum Gasteiger partial charge on any atom is -0.375 e. The zero-order valence-electron chi connectivity index (χ0n) is 10.2. The maximum atomic E-state index is 6.26. The van der Waals surface area contributed by atoms with Gasteiger partial charge in [0, 0.05) is 6.61 Å². The van der Waals surface area contributed by atoms with Crippen molar-refractivity contribution < 1.29 is 4.74 Å². The molecule has 1 heteroatoms. The van der Waals surface area contributed by atoms with Crippen molar-refractivity contribution >= 4 is 0 Å². The highest BCUT2D eigenvalue weighted by Crippen LogP contribution is 2.62. The van der Waals surface area contributed by atoms with Gasteiger partial charge in [-0.3, -0.25) is 0 Å².